The molecule has 0 saturated carbocycles. The molecule has 1 N–H and O–H groups in total. The number of carbonyl (C=O) groups is 1. The largest absolute Gasteiger partial charge is 0.478 e. The van der Waals surface area contributed by atoms with Crippen LogP contribution in [0.2, 0.25) is 0 Å². The van der Waals surface area contributed by atoms with Gasteiger partial charge in [0.1, 0.15) is 0 Å². The maximum Gasteiger partial charge on any atom is 0.337 e. The third kappa shape index (κ3) is 2.10. The molecule has 1 aromatic rings. The monoisotopic (exact) mass is 193 g/mol. The number of hydrogen-bond donors (Lipinski definition) is 1. The highest BCUT2D eigenvalue weighted by molar-refractivity contribution is 5.89. The van der Waals surface area contributed by atoms with Crippen molar-refractivity contribution in [3.05, 3.63) is 28.6 Å². The number of carboxylic acids is 1. The summed E-state index contributed by atoms with van der Waals surface area (Å²) in [6.45, 7) is 5.80. The molecular weight excluding hydrogens is 178 g/mol. The topological polar surface area (TPSA) is 50.2 Å². The van der Waals surface area contributed by atoms with Crippen LogP contribution in [0.5, 0.6) is 0 Å². The molecule has 0 spiro atoms. The van der Waals surface area contributed by atoms with Gasteiger partial charge in [0.05, 0.1) is 11.3 Å². The molecule has 0 aliphatic carbocycles. The van der Waals surface area contributed by atoms with Crippen LogP contribution in [0.25, 0.3) is 0 Å². The van der Waals surface area contributed by atoms with Gasteiger partial charge in [-0.3, -0.25) is 4.98 Å². The molecule has 0 aliphatic heterocycles. The summed E-state index contributed by atoms with van der Waals surface area (Å²) in [7, 11) is 0. The molecule has 3 heteroatoms. The van der Waals surface area contributed by atoms with E-state index in [1.807, 2.05) is 20.8 Å². The molecular formula is C11H15NO2. The van der Waals surface area contributed by atoms with Gasteiger partial charge in [-0.2, -0.15) is 0 Å². The highest BCUT2D eigenvalue weighted by Crippen LogP contribution is 2.13. The third-order valence-corrected chi connectivity index (χ3v) is 2.26. The van der Waals surface area contributed by atoms with Crippen molar-refractivity contribution in [2.24, 2.45) is 0 Å². The van der Waals surface area contributed by atoms with Crippen LogP contribution in [0.15, 0.2) is 6.07 Å². The van der Waals surface area contributed by atoms with E-state index in [9.17, 15) is 4.79 Å². The van der Waals surface area contributed by atoms with Crippen molar-refractivity contribution in [3.63, 3.8) is 0 Å². The number of pyridine rings is 1. The van der Waals surface area contributed by atoms with E-state index in [-0.39, 0.29) is 0 Å². The van der Waals surface area contributed by atoms with Crippen LogP contribution in [-0.2, 0) is 6.42 Å². The second kappa shape index (κ2) is 4.22. The van der Waals surface area contributed by atoms with E-state index in [4.69, 9.17) is 5.11 Å². The molecule has 0 amide bonds. The zero-order valence-electron chi connectivity index (χ0n) is 8.79. The molecule has 0 saturated heterocycles. The van der Waals surface area contributed by atoms with E-state index >= 15 is 0 Å². The van der Waals surface area contributed by atoms with Crippen LogP contribution >= 0.6 is 0 Å². The minimum absolute atomic E-state index is 0.343. The van der Waals surface area contributed by atoms with Gasteiger partial charge >= 0.3 is 5.97 Å². The van der Waals surface area contributed by atoms with E-state index in [1.54, 1.807) is 6.07 Å². The van der Waals surface area contributed by atoms with Gasteiger partial charge < -0.3 is 5.11 Å². The third-order valence-electron chi connectivity index (χ3n) is 2.26. The molecule has 14 heavy (non-hydrogen) atoms. The summed E-state index contributed by atoms with van der Waals surface area (Å²) in [6.07, 6.45) is 1.64. The van der Waals surface area contributed by atoms with E-state index < -0.39 is 5.97 Å². The normalized spacial score (nSPS) is 10.2. The predicted octanol–water partition coefficient (Wildman–Crippen LogP) is 2.35. The molecule has 1 rings (SSSR count). The Labute approximate surface area is 83.8 Å². The minimum Gasteiger partial charge on any atom is -0.478 e. The molecule has 76 valence electrons. The minimum atomic E-state index is -0.885. The molecule has 0 bridgehead atoms. The average Bonchev–Trinajstić information content (AvgIpc) is 2.11. The van der Waals surface area contributed by atoms with E-state index in [0.717, 1.165) is 24.1 Å². The van der Waals surface area contributed by atoms with Gasteiger partial charge in [0, 0.05) is 5.69 Å². The number of rotatable bonds is 3. The fraction of sp³-hybridized carbons (Fsp3) is 0.455. The quantitative estimate of drug-likeness (QED) is 0.801. The Hall–Kier alpha value is -1.38. The summed E-state index contributed by atoms with van der Waals surface area (Å²) < 4.78 is 0. The van der Waals surface area contributed by atoms with Crippen LogP contribution in [0.4, 0.5) is 0 Å². The number of aromatic nitrogens is 1. The van der Waals surface area contributed by atoms with E-state index in [2.05, 4.69) is 4.98 Å². The Bertz CT molecular complexity index is 359. The highest BCUT2D eigenvalue weighted by Gasteiger charge is 2.12. The number of nitrogens with zero attached hydrogens (tertiary/aromatic N) is 1. The first-order valence-corrected chi connectivity index (χ1v) is 4.76. The van der Waals surface area contributed by atoms with Crippen molar-refractivity contribution in [1.82, 2.24) is 4.98 Å². The number of carboxylic acid groups (broad SMARTS) is 1. The average molecular weight is 193 g/mol. The molecule has 0 radical (unpaired) electrons. The highest BCUT2D eigenvalue weighted by atomic mass is 16.4. The smallest absolute Gasteiger partial charge is 0.337 e. The van der Waals surface area contributed by atoms with Crippen molar-refractivity contribution >= 4 is 5.97 Å². The summed E-state index contributed by atoms with van der Waals surface area (Å²) in [6, 6.07) is 1.70. The standard InChI is InChI=1S/C11H15NO2/c1-4-5-10-9(11(13)14)6-7(2)8(3)12-10/h6H,4-5H2,1-3H3,(H,13,14). The Balaban J connectivity index is 3.24. The van der Waals surface area contributed by atoms with Crippen LogP contribution in [-0.4, -0.2) is 16.1 Å². The molecule has 0 unspecified atom stereocenters. The lowest BCUT2D eigenvalue weighted by Crippen LogP contribution is -2.07. The number of hydrogen-bond acceptors (Lipinski definition) is 2. The summed E-state index contributed by atoms with van der Waals surface area (Å²) in [5.41, 5.74) is 2.89. The Morgan fingerprint density at radius 1 is 1.50 bits per heavy atom. The fourth-order valence-electron chi connectivity index (χ4n) is 1.37. The molecule has 0 atom stereocenters. The second-order valence-electron chi connectivity index (χ2n) is 3.44. The lowest BCUT2D eigenvalue weighted by Gasteiger charge is -2.07. The van der Waals surface area contributed by atoms with Crippen LogP contribution in [0, 0.1) is 13.8 Å². The van der Waals surface area contributed by atoms with Gasteiger partial charge in [-0.05, 0) is 31.9 Å². The van der Waals surface area contributed by atoms with Gasteiger partial charge in [0.2, 0.25) is 0 Å². The first-order chi connectivity index (χ1) is 6.56. The van der Waals surface area contributed by atoms with Crippen molar-refractivity contribution < 1.29 is 9.90 Å². The first kappa shape index (κ1) is 10.7. The van der Waals surface area contributed by atoms with Crippen LogP contribution < -0.4 is 0 Å². The zero-order chi connectivity index (χ0) is 10.7. The zero-order valence-corrected chi connectivity index (χ0v) is 8.79. The summed E-state index contributed by atoms with van der Waals surface area (Å²) in [5, 5.41) is 8.97. The maximum atomic E-state index is 10.9. The SMILES string of the molecule is CCCc1nc(C)c(C)cc1C(=O)O. The Kier molecular flexibility index (Phi) is 3.23. The Morgan fingerprint density at radius 2 is 2.14 bits per heavy atom. The number of aromatic carboxylic acids is 1. The molecule has 1 aromatic heterocycles. The van der Waals surface area contributed by atoms with Gasteiger partial charge in [-0.1, -0.05) is 13.3 Å². The van der Waals surface area contributed by atoms with Gasteiger partial charge in [0.15, 0.2) is 0 Å². The Morgan fingerprint density at radius 3 is 2.64 bits per heavy atom. The summed E-state index contributed by atoms with van der Waals surface area (Å²) >= 11 is 0. The van der Waals surface area contributed by atoms with Crippen LogP contribution in [0.3, 0.4) is 0 Å². The molecule has 0 fully saturated rings. The first-order valence-electron chi connectivity index (χ1n) is 4.76. The van der Waals surface area contributed by atoms with Gasteiger partial charge in [-0.25, -0.2) is 4.79 Å². The molecule has 1 heterocycles. The van der Waals surface area contributed by atoms with Crippen molar-refractivity contribution in [1.29, 1.82) is 0 Å². The van der Waals surface area contributed by atoms with Gasteiger partial charge in [-0.15, -0.1) is 0 Å². The lowest BCUT2D eigenvalue weighted by atomic mass is 10.1. The van der Waals surface area contributed by atoms with Crippen molar-refractivity contribution in [3.8, 4) is 0 Å². The summed E-state index contributed by atoms with van der Waals surface area (Å²) in [5.74, 6) is -0.885. The lowest BCUT2D eigenvalue weighted by molar-refractivity contribution is 0.0695. The molecule has 0 aromatic carbocycles. The second-order valence-corrected chi connectivity index (χ2v) is 3.44. The summed E-state index contributed by atoms with van der Waals surface area (Å²) in [4.78, 5) is 15.2. The fourth-order valence-corrected chi connectivity index (χ4v) is 1.37. The predicted molar refractivity (Wildman–Crippen MR) is 54.7 cm³/mol. The van der Waals surface area contributed by atoms with Crippen LogP contribution in [0.1, 0.15) is 40.7 Å². The number of aryl methyl sites for hydroxylation is 3. The van der Waals surface area contributed by atoms with Crippen molar-refractivity contribution in [2.45, 2.75) is 33.6 Å². The van der Waals surface area contributed by atoms with E-state index in [0.29, 0.717) is 11.3 Å². The van der Waals surface area contributed by atoms with Gasteiger partial charge in [0.25, 0.3) is 0 Å². The van der Waals surface area contributed by atoms with E-state index in [1.165, 1.54) is 0 Å². The molecule has 0 aliphatic rings. The maximum absolute atomic E-state index is 10.9. The molecule has 3 nitrogen and oxygen atoms in total. The van der Waals surface area contributed by atoms with Crippen molar-refractivity contribution in [2.75, 3.05) is 0 Å².